The third-order valence-corrected chi connectivity index (χ3v) is 13.9. The van der Waals surface area contributed by atoms with Crippen LogP contribution in [0, 0.1) is 36.5 Å². The molecule has 13 rings (SSSR count). The van der Waals surface area contributed by atoms with Gasteiger partial charge in [0, 0.05) is 38.0 Å². The molecular formula is C61H39N5O. The summed E-state index contributed by atoms with van der Waals surface area (Å²) in [6.45, 7) is 4.11. The second-order valence-corrected chi connectivity index (χ2v) is 17.5. The highest BCUT2D eigenvalue weighted by Gasteiger charge is 2.25. The van der Waals surface area contributed by atoms with E-state index in [2.05, 4.69) is 203 Å². The number of aryl methyl sites for hydroxylation is 2. The van der Waals surface area contributed by atoms with Gasteiger partial charge in [0.15, 0.2) is 0 Å². The highest BCUT2D eigenvalue weighted by molar-refractivity contribution is 6.21. The first-order chi connectivity index (χ1) is 33.0. The lowest BCUT2D eigenvalue weighted by molar-refractivity contribution is 0.578. The number of para-hydroxylation sites is 2. The van der Waals surface area contributed by atoms with Crippen molar-refractivity contribution in [3.05, 3.63) is 216 Å². The molecule has 6 heteroatoms. The lowest BCUT2D eigenvalue weighted by Crippen LogP contribution is -2.04. The second-order valence-electron chi connectivity index (χ2n) is 17.5. The van der Waals surface area contributed by atoms with E-state index in [-0.39, 0.29) is 0 Å². The van der Waals surface area contributed by atoms with Crippen molar-refractivity contribution >= 4 is 82.0 Å². The molecule has 314 valence electrons. The molecule has 67 heavy (non-hydrogen) atoms. The largest absolute Gasteiger partial charge is 0.460 e. The van der Waals surface area contributed by atoms with E-state index >= 15 is 0 Å². The molecule has 0 unspecified atom stereocenters. The van der Waals surface area contributed by atoms with Gasteiger partial charge in [-0.3, -0.25) is 0 Å². The van der Waals surface area contributed by atoms with Gasteiger partial charge in [0.2, 0.25) is 0 Å². The number of fused-ring (bicyclic) bond motifs is 11. The van der Waals surface area contributed by atoms with Crippen LogP contribution in [0.15, 0.2) is 193 Å². The molecule has 0 saturated carbocycles. The molecule has 8 aromatic carbocycles. The van der Waals surface area contributed by atoms with Crippen LogP contribution in [-0.4, -0.2) is 13.7 Å². The SMILES string of the molecule is Cc1oc2c(ccc3c2c2cc(-n4c5ccccc5c5ccccc54)ccc2n3-c2cc(C#N)c(-n3c4ccc(C5=CC=CCC=C5)cc4c4cc(-c5ccccc5)ccc43)cc2C#N)c1C. The lowest BCUT2D eigenvalue weighted by atomic mass is 10.00. The van der Waals surface area contributed by atoms with Crippen molar-refractivity contribution in [3.63, 3.8) is 0 Å². The van der Waals surface area contributed by atoms with Crippen molar-refractivity contribution in [2.75, 3.05) is 0 Å². The predicted molar refractivity (Wildman–Crippen MR) is 274 cm³/mol. The maximum Gasteiger partial charge on any atom is 0.144 e. The van der Waals surface area contributed by atoms with Crippen LogP contribution < -0.4 is 0 Å². The van der Waals surface area contributed by atoms with E-state index < -0.39 is 0 Å². The van der Waals surface area contributed by atoms with Gasteiger partial charge in [0.1, 0.15) is 23.5 Å². The summed E-state index contributed by atoms with van der Waals surface area (Å²) in [4.78, 5) is 0. The molecule has 0 aliphatic heterocycles. The third kappa shape index (κ3) is 5.67. The summed E-state index contributed by atoms with van der Waals surface area (Å²) in [6.07, 6.45) is 11.7. The van der Waals surface area contributed by atoms with Crippen molar-refractivity contribution in [2.24, 2.45) is 0 Å². The number of nitriles is 2. The Bertz CT molecular complexity index is 4230. The fourth-order valence-electron chi connectivity index (χ4n) is 10.7. The van der Waals surface area contributed by atoms with Crippen molar-refractivity contribution in [1.29, 1.82) is 10.5 Å². The standard InChI is InChI=1S/C61H39N5O/c1-37-38(2)67-61-46(37)25-29-57-60(61)51-34-45(64-52-20-12-10-18-47(52)48-19-11-13-21-53(48)64)24-28-56(51)66(57)59-33-43(35-62)58(32-44(59)36-63)65-54-26-22-41(39-14-6-3-4-7-15-39)30-49(54)50-31-42(23-27-55(50)65)40-16-8-5-9-17-40/h3,5-34H,4H2,1-2H3. The quantitative estimate of drug-likeness (QED) is 0.173. The Morgan fingerprint density at radius 1 is 0.478 bits per heavy atom. The fourth-order valence-corrected chi connectivity index (χ4v) is 10.7. The maximum absolute atomic E-state index is 11.2. The molecule has 1 aliphatic carbocycles. The van der Waals surface area contributed by atoms with E-state index in [9.17, 15) is 10.5 Å². The first-order valence-corrected chi connectivity index (χ1v) is 22.6. The zero-order valence-corrected chi connectivity index (χ0v) is 36.7. The van der Waals surface area contributed by atoms with Gasteiger partial charge >= 0.3 is 0 Å². The van der Waals surface area contributed by atoms with Gasteiger partial charge < -0.3 is 18.1 Å². The number of furan rings is 1. The molecule has 4 heterocycles. The summed E-state index contributed by atoms with van der Waals surface area (Å²) in [7, 11) is 0. The van der Waals surface area contributed by atoms with Gasteiger partial charge in [-0.05, 0) is 127 Å². The van der Waals surface area contributed by atoms with E-state index in [1.54, 1.807) is 0 Å². The predicted octanol–water partition coefficient (Wildman–Crippen LogP) is 15.7. The fraction of sp³-hybridized carbons (Fsp3) is 0.0492. The Kier molecular flexibility index (Phi) is 8.43. The minimum Gasteiger partial charge on any atom is -0.460 e. The Balaban J connectivity index is 1.07. The zero-order valence-electron chi connectivity index (χ0n) is 36.7. The second kappa shape index (κ2) is 14.7. The molecule has 0 N–H and O–H groups in total. The van der Waals surface area contributed by atoms with Gasteiger partial charge in [-0.2, -0.15) is 10.5 Å². The molecule has 0 amide bonds. The number of aromatic nitrogens is 3. The Morgan fingerprint density at radius 3 is 1.76 bits per heavy atom. The maximum atomic E-state index is 11.2. The van der Waals surface area contributed by atoms with Crippen LogP contribution >= 0.6 is 0 Å². The smallest absolute Gasteiger partial charge is 0.144 e. The Hall–Kier alpha value is -9.10. The van der Waals surface area contributed by atoms with Crippen LogP contribution in [0.5, 0.6) is 0 Å². The lowest BCUT2D eigenvalue weighted by Gasteiger charge is -2.16. The molecule has 4 aromatic heterocycles. The molecule has 6 nitrogen and oxygen atoms in total. The summed E-state index contributed by atoms with van der Waals surface area (Å²) < 4.78 is 13.3. The van der Waals surface area contributed by atoms with Crippen molar-refractivity contribution in [1.82, 2.24) is 13.7 Å². The van der Waals surface area contributed by atoms with Crippen LogP contribution in [0.3, 0.4) is 0 Å². The minimum absolute atomic E-state index is 0.444. The van der Waals surface area contributed by atoms with Gasteiger partial charge in [-0.15, -0.1) is 0 Å². The van der Waals surface area contributed by atoms with Gasteiger partial charge in [0.25, 0.3) is 0 Å². The number of hydrogen-bond donors (Lipinski definition) is 0. The first kappa shape index (κ1) is 38.4. The molecule has 0 spiro atoms. The van der Waals surface area contributed by atoms with Gasteiger partial charge in [-0.1, -0.05) is 109 Å². The highest BCUT2D eigenvalue weighted by atomic mass is 16.3. The number of benzene rings is 8. The summed E-state index contributed by atoms with van der Waals surface area (Å²) in [5.74, 6) is 0.865. The first-order valence-electron chi connectivity index (χ1n) is 22.6. The summed E-state index contributed by atoms with van der Waals surface area (Å²) >= 11 is 0. The normalized spacial score (nSPS) is 12.8. The summed E-state index contributed by atoms with van der Waals surface area (Å²) in [5, 5.41) is 29.9. The van der Waals surface area contributed by atoms with Crippen LogP contribution in [0.2, 0.25) is 0 Å². The summed E-state index contributed by atoms with van der Waals surface area (Å²) in [6, 6.07) is 60.3. The van der Waals surface area contributed by atoms with Gasteiger partial charge in [0.05, 0.1) is 61.0 Å². The number of hydrogen-bond acceptors (Lipinski definition) is 3. The molecule has 0 bridgehead atoms. The van der Waals surface area contributed by atoms with Crippen molar-refractivity contribution in [3.8, 4) is 40.3 Å². The summed E-state index contributed by atoms with van der Waals surface area (Å²) in [5.41, 5.74) is 15.5. The van der Waals surface area contributed by atoms with Crippen LogP contribution in [-0.2, 0) is 0 Å². The topological polar surface area (TPSA) is 75.5 Å². The van der Waals surface area contributed by atoms with Crippen molar-refractivity contribution < 1.29 is 4.42 Å². The van der Waals surface area contributed by atoms with E-state index in [1.807, 2.05) is 25.1 Å². The zero-order chi connectivity index (χ0) is 44.9. The molecule has 0 fully saturated rings. The van der Waals surface area contributed by atoms with E-state index in [1.165, 1.54) is 10.8 Å². The molecule has 0 saturated heterocycles. The number of rotatable bonds is 5. The average molecular weight is 858 g/mol. The van der Waals surface area contributed by atoms with E-state index in [0.29, 0.717) is 22.5 Å². The number of nitrogens with zero attached hydrogens (tertiary/aromatic N) is 5. The molecule has 1 aliphatic rings. The minimum atomic E-state index is 0.444. The van der Waals surface area contributed by atoms with Gasteiger partial charge in [-0.25, -0.2) is 0 Å². The van der Waals surface area contributed by atoms with E-state index in [0.717, 1.165) is 111 Å². The van der Waals surface area contributed by atoms with Crippen molar-refractivity contribution in [2.45, 2.75) is 20.3 Å². The van der Waals surface area contributed by atoms with Crippen LogP contribution in [0.4, 0.5) is 0 Å². The third-order valence-electron chi connectivity index (χ3n) is 13.9. The Morgan fingerprint density at radius 2 is 1.06 bits per heavy atom. The monoisotopic (exact) mass is 857 g/mol. The van der Waals surface area contributed by atoms with Crippen LogP contribution in [0.25, 0.3) is 110 Å². The molecular weight excluding hydrogens is 819 g/mol. The van der Waals surface area contributed by atoms with E-state index in [4.69, 9.17) is 4.42 Å². The highest BCUT2D eigenvalue weighted by Crippen LogP contribution is 2.44. The Labute approximate surface area is 385 Å². The molecule has 12 aromatic rings. The average Bonchev–Trinajstić information content (AvgIpc) is 4.00. The molecule has 0 atom stereocenters. The molecule has 0 radical (unpaired) electrons. The van der Waals surface area contributed by atoms with Crippen LogP contribution in [0.1, 0.15) is 34.4 Å². The number of allylic oxidation sites excluding steroid dienone is 6.